The molecule has 0 radical (unpaired) electrons. The number of hydrogen-bond acceptors (Lipinski definition) is 4. The summed E-state index contributed by atoms with van der Waals surface area (Å²) in [5.41, 5.74) is -0.202. The second-order valence-corrected chi connectivity index (χ2v) is 8.05. The van der Waals surface area contributed by atoms with Crippen LogP contribution in [0.3, 0.4) is 0 Å². The molecule has 0 spiro atoms. The highest BCUT2D eigenvalue weighted by molar-refractivity contribution is 7.87. The summed E-state index contributed by atoms with van der Waals surface area (Å²) in [5, 5.41) is 9.36. The van der Waals surface area contributed by atoms with Gasteiger partial charge in [0.2, 0.25) is 0 Å². The lowest BCUT2D eigenvalue weighted by Gasteiger charge is -2.51. The van der Waals surface area contributed by atoms with Crippen LogP contribution < -0.4 is 4.72 Å². The van der Waals surface area contributed by atoms with Crippen LogP contribution in [0.25, 0.3) is 0 Å². The average Bonchev–Trinajstić information content (AvgIpc) is 2.43. The van der Waals surface area contributed by atoms with Gasteiger partial charge in [0.05, 0.1) is 12.7 Å². The molecule has 0 amide bonds. The van der Waals surface area contributed by atoms with E-state index in [4.69, 9.17) is 4.74 Å². The van der Waals surface area contributed by atoms with E-state index in [1.165, 1.54) is 4.31 Å². The molecule has 20 heavy (non-hydrogen) atoms. The number of hydrogen-bond donors (Lipinski definition) is 2. The van der Waals surface area contributed by atoms with Crippen LogP contribution in [0.4, 0.5) is 0 Å². The number of aliphatic hydroxyl groups is 1. The van der Waals surface area contributed by atoms with Crippen molar-refractivity contribution in [2.75, 3.05) is 20.3 Å². The second-order valence-electron chi connectivity index (χ2n) is 6.40. The topological polar surface area (TPSA) is 78.9 Å². The largest absolute Gasteiger partial charge is 0.395 e. The number of ether oxygens (including phenoxy) is 1. The van der Waals surface area contributed by atoms with Crippen LogP contribution in [0.2, 0.25) is 0 Å². The first-order valence-electron chi connectivity index (χ1n) is 7.25. The zero-order chi connectivity index (χ0) is 15.0. The molecule has 7 heteroatoms. The summed E-state index contributed by atoms with van der Waals surface area (Å²) in [4.78, 5) is 0. The first-order valence-corrected chi connectivity index (χ1v) is 8.69. The molecule has 118 valence electrons. The highest BCUT2D eigenvalue weighted by Gasteiger charge is 2.51. The summed E-state index contributed by atoms with van der Waals surface area (Å²) in [5.74, 6) is 0. The van der Waals surface area contributed by atoms with Gasteiger partial charge in [0.1, 0.15) is 0 Å². The van der Waals surface area contributed by atoms with E-state index in [9.17, 15) is 13.5 Å². The number of methoxy groups -OCH3 is 1. The van der Waals surface area contributed by atoms with E-state index >= 15 is 0 Å². The van der Waals surface area contributed by atoms with Crippen LogP contribution in [0.5, 0.6) is 0 Å². The van der Waals surface area contributed by atoms with Crippen molar-refractivity contribution in [2.45, 2.75) is 57.7 Å². The fraction of sp³-hybridized carbons (Fsp3) is 1.00. The Morgan fingerprint density at radius 2 is 2.10 bits per heavy atom. The summed E-state index contributed by atoms with van der Waals surface area (Å²) in [6.07, 6.45) is 3.33. The van der Waals surface area contributed by atoms with Gasteiger partial charge in [-0.15, -0.1) is 0 Å². The Morgan fingerprint density at radius 1 is 1.40 bits per heavy atom. The molecule has 2 aliphatic rings. The third-order valence-electron chi connectivity index (χ3n) is 4.85. The molecule has 3 atom stereocenters. The highest BCUT2D eigenvalue weighted by atomic mass is 32.2. The Hall–Kier alpha value is -0.210. The second kappa shape index (κ2) is 5.88. The maximum absolute atomic E-state index is 12.5. The lowest BCUT2D eigenvalue weighted by molar-refractivity contribution is -0.0913. The summed E-state index contributed by atoms with van der Waals surface area (Å²) >= 11 is 0. The van der Waals surface area contributed by atoms with Crippen molar-refractivity contribution in [2.24, 2.45) is 5.41 Å². The van der Waals surface area contributed by atoms with Crippen LogP contribution in [0, 0.1) is 5.41 Å². The van der Waals surface area contributed by atoms with E-state index in [0.717, 1.165) is 19.3 Å². The van der Waals surface area contributed by atoms with E-state index in [1.54, 1.807) is 7.11 Å². The minimum Gasteiger partial charge on any atom is -0.395 e. The molecule has 1 aliphatic heterocycles. The Kier molecular flexibility index (Phi) is 4.76. The molecule has 1 saturated carbocycles. The SMILES string of the molecule is COC1CC(NS(=O)(=O)N2CCCCC2CO)C1(C)C. The van der Waals surface area contributed by atoms with Gasteiger partial charge in [-0.25, -0.2) is 0 Å². The molecule has 3 unspecified atom stereocenters. The van der Waals surface area contributed by atoms with Crippen molar-refractivity contribution in [1.82, 2.24) is 9.03 Å². The number of rotatable bonds is 5. The fourth-order valence-corrected chi connectivity index (χ4v) is 5.03. The number of aliphatic hydroxyl groups excluding tert-OH is 1. The number of piperidine rings is 1. The van der Waals surface area contributed by atoms with Gasteiger partial charge in [0.15, 0.2) is 0 Å². The number of nitrogens with one attached hydrogen (secondary N) is 1. The van der Waals surface area contributed by atoms with Crippen LogP contribution in [0.15, 0.2) is 0 Å². The lowest BCUT2D eigenvalue weighted by atomic mass is 9.65. The molecule has 0 bridgehead atoms. The van der Waals surface area contributed by atoms with Crippen LogP contribution >= 0.6 is 0 Å². The van der Waals surface area contributed by atoms with Crippen molar-refractivity contribution in [3.8, 4) is 0 Å². The van der Waals surface area contributed by atoms with Gasteiger partial charge in [-0.2, -0.15) is 17.4 Å². The van der Waals surface area contributed by atoms with Gasteiger partial charge in [0.25, 0.3) is 10.2 Å². The Labute approximate surface area is 121 Å². The molecule has 2 rings (SSSR count). The maximum Gasteiger partial charge on any atom is 0.280 e. The highest BCUT2D eigenvalue weighted by Crippen LogP contribution is 2.43. The average molecular weight is 306 g/mol. The van der Waals surface area contributed by atoms with Crippen molar-refractivity contribution in [3.63, 3.8) is 0 Å². The fourth-order valence-electron chi connectivity index (χ4n) is 3.21. The smallest absolute Gasteiger partial charge is 0.280 e. The quantitative estimate of drug-likeness (QED) is 0.774. The molecule has 1 saturated heterocycles. The third kappa shape index (κ3) is 2.87. The van der Waals surface area contributed by atoms with Crippen molar-refractivity contribution < 1.29 is 18.3 Å². The molecular formula is C13H26N2O4S. The Balaban J connectivity index is 2.04. The van der Waals surface area contributed by atoms with Gasteiger partial charge in [-0.1, -0.05) is 20.3 Å². The lowest BCUT2D eigenvalue weighted by Crippen LogP contribution is -2.64. The molecule has 1 aliphatic carbocycles. The predicted molar refractivity (Wildman–Crippen MR) is 76.5 cm³/mol. The van der Waals surface area contributed by atoms with E-state index in [1.807, 2.05) is 13.8 Å². The summed E-state index contributed by atoms with van der Waals surface area (Å²) in [6.45, 7) is 4.40. The molecule has 2 N–H and O–H groups in total. The minimum absolute atomic E-state index is 0.0881. The zero-order valence-corrected chi connectivity index (χ0v) is 13.3. The molecule has 0 aromatic carbocycles. The maximum atomic E-state index is 12.5. The summed E-state index contributed by atoms with van der Waals surface area (Å²) < 4.78 is 34.6. The summed E-state index contributed by atoms with van der Waals surface area (Å²) in [7, 11) is -1.88. The standard InChI is InChI=1S/C13H26N2O4S/c1-13(2)11(8-12(13)19-3)14-20(17,18)15-7-5-4-6-10(15)9-16/h10-12,14,16H,4-9H2,1-3H3. The van der Waals surface area contributed by atoms with Gasteiger partial charge in [-0.3, -0.25) is 0 Å². The first kappa shape index (κ1) is 16.2. The van der Waals surface area contributed by atoms with Gasteiger partial charge < -0.3 is 9.84 Å². The van der Waals surface area contributed by atoms with Gasteiger partial charge >= 0.3 is 0 Å². The first-order chi connectivity index (χ1) is 9.32. The normalized spacial score (nSPS) is 34.7. The van der Waals surface area contributed by atoms with E-state index < -0.39 is 10.2 Å². The molecule has 6 nitrogen and oxygen atoms in total. The molecule has 0 aromatic rings. The van der Waals surface area contributed by atoms with Crippen LogP contribution in [0.1, 0.15) is 39.5 Å². The zero-order valence-electron chi connectivity index (χ0n) is 12.5. The van der Waals surface area contributed by atoms with E-state index in [0.29, 0.717) is 13.0 Å². The van der Waals surface area contributed by atoms with Gasteiger partial charge in [-0.05, 0) is 19.3 Å². The van der Waals surface area contributed by atoms with Crippen molar-refractivity contribution in [3.05, 3.63) is 0 Å². The van der Waals surface area contributed by atoms with Crippen LogP contribution in [-0.2, 0) is 14.9 Å². The third-order valence-corrected chi connectivity index (χ3v) is 6.53. The Morgan fingerprint density at radius 3 is 2.65 bits per heavy atom. The number of nitrogens with zero attached hydrogens (tertiary/aromatic N) is 1. The van der Waals surface area contributed by atoms with E-state index in [-0.39, 0.29) is 30.2 Å². The van der Waals surface area contributed by atoms with E-state index in [2.05, 4.69) is 4.72 Å². The predicted octanol–water partition coefficient (Wildman–Crippen LogP) is 0.481. The molecule has 0 aromatic heterocycles. The Bertz CT molecular complexity index is 438. The summed E-state index contributed by atoms with van der Waals surface area (Å²) in [6, 6.07) is -0.401. The van der Waals surface area contributed by atoms with Gasteiger partial charge in [0, 0.05) is 31.2 Å². The molecule has 2 fully saturated rings. The monoisotopic (exact) mass is 306 g/mol. The van der Waals surface area contributed by atoms with Crippen molar-refractivity contribution >= 4 is 10.2 Å². The minimum atomic E-state index is -3.54. The van der Waals surface area contributed by atoms with Crippen LogP contribution in [-0.4, -0.2) is 56.3 Å². The van der Waals surface area contributed by atoms with Crippen molar-refractivity contribution in [1.29, 1.82) is 0 Å². The molecular weight excluding hydrogens is 280 g/mol. The molecule has 1 heterocycles.